The van der Waals surface area contributed by atoms with Crippen LogP contribution in [0.2, 0.25) is 0 Å². The largest absolute Gasteiger partial charge is 0.367 e. The topological polar surface area (TPSA) is 9.23 Å². The molecule has 0 aliphatic carbocycles. The molecule has 1 saturated heterocycles. The Kier molecular flexibility index (Phi) is 5.79. The van der Waals surface area contributed by atoms with Crippen LogP contribution >= 0.6 is 63.7 Å². The fourth-order valence-electron chi connectivity index (χ4n) is 1.22. The summed E-state index contributed by atoms with van der Waals surface area (Å²) < 4.78 is 7.61. The first-order valence-electron chi connectivity index (χ1n) is 3.79. The van der Waals surface area contributed by atoms with Gasteiger partial charge in [0.25, 0.3) is 0 Å². The Bertz CT molecular complexity index is 204. The third kappa shape index (κ3) is 5.11. The standard InChI is InChI=1S/C8H8Br4O/c9-7(10)3-5-1-2-6(13-5)4-8(11)12/h3-6H,1-2H2/t5-,6+. The number of halogens is 4. The van der Waals surface area contributed by atoms with Crippen molar-refractivity contribution in [1.29, 1.82) is 0 Å². The van der Waals surface area contributed by atoms with E-state index in [1.807, 2.05) is 12.2 Å². The van der Waals surface area contributed by atoms with E-state index < -0.39 is 0 Å². The Balaban J connectivity index is 2.45. The number of rotatable bonds is 2. The summed E-state index contributed by atoms with van der Waals surface area (Å²) in [6, 6.07) is 0. The van der Waals surface area contributed by atoms with E-state index in [1.54, 1.807) is 0 Å². The number of ether oxygens (including phenoxy) is 1. The van der Waals surface area contributed by atoms with Crippen molar-refractivity contribution in [2.75, 3.05) is 0 Å². The molecule has 1 heterocycles. The van der Waals surface area contributed by atoms with Crippen molar-refractivity contribution in [3.05, 3.63) is 18.9 Å². The first-order valence-corrected chi connectivity index (χ1v) is 6.96. The van der Waals surface area contributed by atoms with Gasteiger partial charge in [-0.1, -0.05) is 0 Å². The molecule has 0 unspecified atom stereocenters. The molecule has 2 atom stereocenters. The fraction of sp³-hybridized carbons (Fsp3) is 0.500. The molecule has 0 radical (unpaired) electrons. The third-order valence-electron chi connectivity index (χ3n) is 1.71. The van der Waals surface area contributed by atoms with Crippen molar-refractivity contribution in [1.82, 2.24) is 0 Å². The van der Waals surface area contributed by atoms with Crippen LogP contribution in [0.25, 0.3) is 0 Å². The molecule has 0 N–H and O–H groups in total. The third-order valence-corrected chi connectivity index (χ3v) is 2.77. The minimum atomic E-state index is 0.217. The van der Waals surface area contributed by atoms with E-state index in [1.165, 1.54) is 0 Å². The van der Waals surface area contributed by atoms with Gasteiger partial charge in [0.1, 0.15) is 0 Å². The summed E-state index contributed by atoms with van der Waals surface area (Å²) in [5.74, 6) is 0. The molecule has 74 valence electrons. The Morgan fingerprint density at radius 2 is 1.31 bits per heavy atom. The van der Waals surface area contributed by atoms with E-state index in [4.69, 9.17) is 4.74 Å². The Labute approximate surface area is 111 Å². The molecule has 0 bridgehead atoms. The molecule has 0 amide bonds. The molecule has 5 heteroatoms. The summed E-state index contributed by atoms with van der Waals surface area (Å²) >= 11 is 13.3. The van der Waals surface area contributed by atoms with Gasteiger partial charge in [0, 0.05) is 0 Å². The summed E-state index contributed by atoms with van der Waals surface area (Å²) in [4.78, 5) is 0. The van der Waals surface area contributed by atoms with Gasteiger partial charge in [0.2, 0.25) is 0 Å². The first-order chi connectivity index (χ1) is 6.08. The van der Waals surface area contributed by atoms with Gasteiger partial charge < -0.3 is 4.74 Å². The second kappa shape index (κ2) is 6.05. The maximum atomic E-state index is 5.71. The van der Waals surface area contributed by atoms with Gasteiger partial charge in [0.05, 0.1) is 19.0 Å². The molecule has 0 aromatic rings. The van der Waals surface area contributed by atoms with E-state index in [0.717, 1.165) is 19.6 Å². The molecule has 1 aliphatic rings. The minimum Gasteiger partial charge on any atom is -0.367 e. The maximum Gasteiger partial charge on any atom is 0.0783 e. The van der Waals surface area contributed by atoms with Gasteiger partial charge in [-0.2, -0.15) is 0 Å². The Morgan fingerprint density at radius 3 is 1.62 bits per heavy atom. The quantitative estimate of drug-likeness (QED) is 0.601. The highest BCUT2D eigenvalue weighted by Crippen LogP contribution is 2.27. The van der Waals surface area contributed by atoms with Crippen LogP contribution in [0.4, 0.5) is 0 Å². The van der Waals surface area contributed by atoms with E-state index in [0.29, 0.717) is 0 Å². The highest BCUT2D eigenvalue weighted by atomic mass is 79.9. The molecule has 1 fully saturated rings. The van der Waals surface area contributed by atoms with Gasteiger partial charge in [-0.25, -0.2) is 0 Å². The molecule has 1 rings (SSSR count). The zero-order valence-corrected chi connectivity index (χ0v) is 13.0. The van der Waals surface area contributed by atoms with E-state index in [9.17, 15) is 0 Å². The van der Waals surface area contributed by atoms with Crippen LogP contribution in [-0.4, -0.2) is 12.2 Å². The normalized spacial score (nSPS) is 27.1. The molecule has 1 aliphatic heterocycles. The first kappa shape index (κ1) is 12.4. The Hall–Kier alpha value is 1.36. The maximum absolute atomic E-state index is 5.71. The molecule has 0 spiro atoms. The lowest BCUT2D eigenvalue weighted by Gasteiger charge is -2.06. The summed E-state index contributed by atoms with van der Waals surface area (Å²) in [6.45, 7) is 0. The Morgan fingerprint density at radius 1 is 0.923 bits per heavy atom. The smallest absolute Gasteiger partial charge is 0.0783 e. The molecule has 0 saturated carbocycles. The van der Waals surface area contributed by atoms with Crippen LogP contribution in [0.5, 0.6) is 0 Å². The van der Waals surface area contributed by atoms with Crippen molar-refractivity contribution in [2.45, 2.75) is 25.0 Å². The lowest BCUT2D eigenvalue weighted by molar-refractivity contribution is 0.101. The zero-order chi connectivity index (χ0) is 9.84. The predicted molar refractivity (Wildman–Crippen MR) is 69.8 cm³/mol. The molecule has 0 aromatic carbocycles. The van der Waals surface area contributed by atoms with E-state index >= 15 is 0 Å². The molecular weight excluding hydrogens is 432 g/mol. The van der Waals surface area contributed by atoms with Gasteiger partial charge >= 0.3 is 0 Å². The van der Waals surface area contributed by atoms with Crippen molar-refractivity contribution in [3.63, 3.8) is 0 Å². The second-order valence-corrected chi connectivity index (χ2v) is 8.25. The molecule has 0 aromatic heterocycles. The average Bonchev–Trinajstić information content (AvgIpc) is 2.33. The highest BCUT2D eigenvalue weighted by molar-refractivity contribution is 9.28. The zero-order valence-electron chi connectivity index (χ0n) is 6.64. The van der Waals surface area contributed by atoms with Crippen LogP contribution in [0, 0.1) is 0 Å². The summed E-state index contributed by atoms with van der Waals surface area (Å²) in [6.07, 6.45) is 6.61. The fourth-order valence-corrected chi connectivity index (χ4v) is 2.39. The van der Waals surface area contributed by atoms with Crippen molar-refractivity contribution >= 4 is 63.7 Å². The molecular formula is C8H8Br4O. The molecule has 1 nitrogen and oxygen atoms in total. The van der Waals surface area contributed by atoms with E-state index in [-0.39, 0.29) is 12.2 Å². The minimum absolute atomic E-state index is 0.217. The van der Waals surface area contributed by atoms with Gasteiger partial charge in [-0.15, -0.1) is 0 Å². The summed E-state index contributed by atoms with van der Waals surface area (Å²) in [5.41, 5.74) is 0. The van der Waals surface area contributed by atoms with Crippen LogP contribution in [0.1, 0.15) is 12.8 Å². The van der Waals surface area contributed by atoms with Crippen LogP contribution in [-0.2, 0) is 4.74 Å². The average molecular weight is 440 g/mol. The predicted octanol–water partition coefficient (Wildman–Crippen LogP) is 4.80. The van der Waals surface area contributed by atoms with Gasteiger partial charge in [-0.3, -0.25) is 0 Å². The lowest BCUT2D eigenvalue weighted by Crippen LogP contribution is -2.05. The van der Waals surface area contributed by atoms with Crippen LogP contribution in [0.15, 0.2) is 18.9 Å². The van der Waals surface area contributed by atoms with Crippen molar-refractivity contribution in [3.8, 4) is 0 Å². The summed E-state index contributed by atoms with van der Waals surface area (Å²) in [7, 11) is 0. The molecule has 13 heavy (non-hydrogen) atoms. The van der Waals surface area contributed by atoms with Crippen molar-refractivity contribution in [2.24, 2.45) is 0 Å². The second-order valence-electron chi connectivity index (χ2n) is 2.70. The van der Waals surface area contributed by atoms with E-state index in [2.05, 4.69) is 63.7 Å². The van der Waals surface area contributed by atoms with Gasteiger partial charge in [-0.05, 0) is 88.7 Å². The van der Waals surface area contributed by atoms with Crippen molar-refractivity contribution < 1.29 is 4.74 Å². The lowest BCUT2D eigenvalue weighted by atomic mass is 10.2. The monoisotopic (exact) mass is 436 g/mol. The van der Waals surface area contributed by atoms with Crippen LogP contribution in [0.3, 0.4) is 0 Å². The highest BCUT2D eigenvalue weighted by Gasteiger charge is 2.22. The number of hydrogen-bond donors (Lipinski definition) is 0. The van der Waals surface area contributed by atoms with Crippen LogP contribution < -0.4 is 0 Å². The van der Waals surface area contributed by atoms with Gasteiger partial charge in [0.15, 0.2) is 0 Å². The number of hydrogen-bond acceptors (Lipinski definition) is 1. The summed E-state index contributed by atoms with van der Waals surface area (Å²) in [5, 5.41) is 0. The SMILES string of the molecule is BrC(Br)=C[C@@H]1CC[C@H](C=C(Br)Br)O1.